The van der Waals surface area contributed by atoms with Crippen LogP contribution in [0.25, 0.3) is 0 Å². The van der Waals surface area contributed by atoms with E-state index in [0.717, 1.165) is 34.9 Å². The number of carboxylic acids is 2. The summed E-state index contributed by atoms with van der Waals surface area (Å²) in [5.41, 5.74) is 6.17. The molecule has 0 spiro atoms. The van der Waals surface area contributed by atoms with Crippen LogP contribution in [-0.4, -0.2) is 106 Å². The van der Waals surface area contributed by atoms with Crippen molar-refractivity contribution >= 4 is 92.4 Å². The molecule has 0 bridgehead atoms. The predicted molar refractivity (Wildman–Crippen MR) is 180 cm³/mol. The van der Waals surface area contributed by atoms with E-state index in [9.17, 15) is 44.4 Å². The maximum absolute atomic E-state index is 13.4. The van der Waals surface area contributed by atoms with E-state index in [1.165, 1.54) is 43.3 Å². The number of carbonyl (C=O) groups excluding carboxylic acids is 3. The number of β-lactam (4-membered cyclic amide) rings is 1. The number of carbonyl (C=O) groups is 5. The molecule has 0 saturated carbocycles. The zero-order valence-corrected chi connectivity index (χ0v) is 28.8. The largest absolute Gasteiger partial charge is 0.504 e. The number of aromatic nitrogens is 1. The van der Waals surface area contributed by atoms with E-state index in [-0.39, 0.29) is 64.4 Å². The first-order valence-electron chi connectivity index (χ1n) is 14.1. The molecule has 3 atom stereocenters. The molecular formula is C28H31ClN6O10S3. The molecule has 0 radical (unpaired) electrons. The lowest BCUT2D eigenvalue weighted by Gasteiger charge is -2.41. The van der Waals surface area contributed by atoms with Crippen molar-refractivity contribution in [3.05, 3.63) is 33.8 Å². The molecule has 48 heavy (non-hydrogen) atoms. The average molecular weight is 743 g/mol. The summed E-state index contributed by atoms with van der Waals surface area (Å²) in [4.78, 5) is 74.1. The van der Waals surface area contributed by atoms with Crippen LogP contribution in [0, 0.1) is 5.92 Å². The Labute approximate surface area is 290 Å². The number of Topliss-reactive ketones (excluding diaryl/α,β-unsaturated/α-hetero) is 2. The summed E-state index contributed by atoms with van der Waals surface area (Å²) in [5, 5.41) is 47.6. The molecular weight excluding hydrogens is 712 g/mol. The van der Waals surface area contributed by atoms with E-state index < -0.39 is 61.9 Å². The molecule has 1 aromatic carbocycles. The highest BCUT2D eigenvalue weighted by atomic mass is 35.5. The first-order chi connectivity index (χ1) is 22.5. The Morgan fingerprint density at radius 2 is 1.94 bits per heavy atom. The molecule has 20 heteroatoms. The van der Waals surface area contributed by atoms with Crippen LogP contribution in [0.2, 0.25) is 5.02 Å². The topological polar surface area (TPSA) is 254 Å². The highest BCUT2D eigenvalue weighted by molar-refractivity contribution is 8.19. The molecule has 258 valence electrons. The number of ketones is 2. The number of amides is 1. The van der Waals surface area contributed by atoms with Crippen LogP contribution in [0.3, 0.4) is 0 Å². The maximum atomic E-state index is 13.4. The van der Waals surface area contributed by atoms with E-state index in [1.54, 1.807) is 0 Å². The molecule has 2 aliphatic rings. The lowest BCUT2D eigenvalue weighted by molar-refractivity contribution is -0.161. The number of hydrazone groups is 1. The van der Waals surface area contributed by atoms with Gasteiger partial charge in [-0.1, -0.05) is 16.8 Å². The zero-order chi connectivity index (χ0) is 35.6. The molecule has 2 saturated heterocycles. The minimum absolute atomic E-state index is 0.0452. The Morgan fingerprint density at radius 3 is 2.54 bits per heavy atom. The monoisotopic (exact) mass is 742 g/mol. The molecule has 2 aliphatic heterocycles. The van der Waals surface area contributed by atoms with Crippen LogP contribution in [0.4, 0.5) is 5.13 Å². The van der Waals surface area contributed by atoms with Gasteiger partial charge in [-0.25, -0.2) is 14.6 Å². The summed E-state index contributed by atoms with van der Waals surface area (Å²) in [6, 6.07) is 2.50. The highest BCUT2D eigenvalue weighted by Gasteiger charge is 2.62. The predicted octanol–water partition coefficient (Wildman–Crippen LogP) is 2.35. The first-order valence-corrected chi connectivity index (χ1v) is 17.2. The van der Waals surface area contributed by atoms with Gasteiger partial charge in [-0.05, 0) is 38.2 Å². The summed E-state index contributed by atoms with van der Waals surface area (Å²) in [7, 11) is 1.47. The quantitative estimate of drug-likeness (QED) is 0.0475. The van der Waals surface area contributed by atoms with Gasteiger partial charge in [0.25, 0.3) is 0 Å². The number of thiazole rings is 1. The van der Waals surface area contributed by atoms with Crippen LogP contribution in [0.1, 0.15) is 44.4 Å². The summed E-state index contributed by atoms with van der Waals surface area (Å²) < 4.78 is -1.47. The molecule has 16 nitrogen and oxygen atoms in total. The molecule has 2 aromatic rings. The number of phenols is 2. The van der Waals surface area contributed by atoms with Crippen LogP contribution >= 0.6 is 46.5 Å². The number of benzene rings is 1. The van der Waals surface area contributed by atoms with Crippen molar-refractivity contribution in [2.45, 2.75) is 48.2 Å². The van der Waals surface area contributed by atoms with Gasteiger partial charge in [-0.2, -0.15) is 5.10 Å². The number of nitrogen functional groups attached to an aromatic ring is 1. The van der Waals surface area contributed by atoms with Crippen molar-refractivity contribution in [1.29, 1.82) is 0 Å². The fourth-order valence-electron chi connectivity index (χ4n) is 4.66. The van der Waals surface area contributed by atoms with Gasteiger partial charge in [0.05, 0.1) is 22.9 Å². The smallest absolute Gasteiger partial charge is 0.350 e. The van der Waals surface area contributed by atoms with Gasteiger partial charge in [-0.15, -0.1) is 34.9 Å². The summed E-state index contributed by atoms with van der Waals surface area (Å²) in [5.74, 6) is -5.79. The van der Waals surface area contributed by atoms with Crippen molar-refractivity contribution < 1.29 is 49.2 Å². The molecule has 1 amide bonds. The van der Waals surface area contributed by atoms with Gasteiger partial charge in [0.1, 0.15) is 11.4 Å². The minimum Gasteiger partial charge on any atom is -0.504 e. The number of thioether (sulfide) groups is 2. The van der Waals surface area contributed by atoms with Crippen molar-refractivity contribution in [3.8, 4) is 11.5 Å². The summed E-state index contributed by atoms with van der Waals surface area (Å²) >= 11 is 9.22. The van der Waals surface area contributed by atoms with Crippen molar-refractivity contribution in [1.82, 2.24) is 15.3 Å². The van der Waals surface area contributed by atoms with Gasteiger partial charge in [-0.3, -0.25) is 14.4 Å². The number of nitrogens with two attached hydrogens (primary N) is 1. The number of hydrogen-bond acceptors (Lipinski definition) is 16. The number of rotatable bonds is 16. The highest BCUT2D eigenvalue weighted by Crippen LogP contribution is 2.55. The number of anilines is 1. The molecule has 3 heterocycles. The average Bonchev–Trinajstić information content (AvgIpc) is 3.62. The lowest BCUT2D eigenvalue weighted by atomic mass is 9.90. The van der Waals surface area contributed by atoms with E-state index >= 15 is 0 Å². The Balaban J connectivity index is 1.41. The molecule has 1 aromatic heterocycles. The van der Waals surface area contributed by atoms with Crippen LogP contribution in [0.15, 0.2) is 27.8 Å². The van der Waals surface area contributed by atoms with Crippen LogP contribution in [0.5, 0.6) is 11.5 Å². The molecule has 4 rings (SSSR count). The van der Waals surface area contributed by atoms with Gasteiger partial charge in [0.15, 0.2) is 38.0 Å². The van der Waals surface area contributed by atoms with Gasteiger partial charge >= 0.3 is 11.9 Å². The van der Waals surface area contributed by atoms with Crippen LogP contribution in [-0.2, 0) is 28.8 Å². The number of halogens is 1. The van der Waals surface area contributed by atoms with E-state index in [2.05, 4.69) is 20.7 Å². The SMILES string of the molecule is CN/N=C(\C(=O)CCCS[C@]1(C(=O)O)CN2C(=O)[C@@H](CC(=O)/C(=N\OC(C)(C)C(=O)O)c3csc(N)n3)[C@H]2S1)c1ccc(O)c(O)c1Cl. The van der Waals surface area contributed by atoms with E-state index in [0.29, 0.717) is 0 Å². The summed E-state index contributed by atoms with van der Waals surface area (Å²) in [6.45, 7) is 2.35. The Hall–Kier alpha value is -4.07. The Kier molecular flexibility index (Phi) is 11.2. The number of aromatic hydroxyl groups is 2. The van der Waals surface area contributed by atoms with Gasteiger partial charge in [0.2, 0.25) is 11.5 Å². The summed E-state index contributed by atoms with van der Waals surface area (Å²) in [6.07, 6.45) is -0.190. The second kappa shape index (κ2) is 14.6. The zero-order valence-electron chi connectivity index (χ0n) is 25.6. The fourth-order valence-corrected chi connectivity index (χ4v) is 8.63. The Morgan fingerprint density at radius 1 is 1.23 bits per heavy atom. The normalized spacial score (nSPS) is 21.0. The molecule has 0 aliphatic carbocycles. The number of nitrogens with zero attached hydrogens (tertiary/aromatic N) is 4. The second-order valence-electron chi connectivity index (χ2n) is 11.0. The van der Waals surface area contributed by atoms with Crippen molar-refractivity contribution in [3.63, 3.8) is 0 Å². The third-order valence-corrected chi connectivity index (χ3v) is 11.8. The number of hydrogen-bond donors (Lipinski definition) is 6. The van der Waals surface area contributed by atoms with E-state index in [1.807, 2.05) is 0 Å². The lowest BCUT2D eigenvalue weighted by Crippen LogP contribution is -2.57. The first kappa shape index (κ1) is 36.8. The van der Waals surface area contributed by atoms with Crippen LogP contribution < -0.4 is 11.2 Å². The van der Waals surface area contributed by atoms with Gasteiger partial charge < -0.3 is 41.3 Å². The maximum Gasteiger partial charge on any atom is 0.350 e. The second-order valence-corrected chi connectivity index (χ2v) is 15.4. The van der Waals surface area contributed by atoms with Gasteiger partial charge in [0, 0.05) is 30.8 Å². The number of phenolic OH excluding ortho intramolecular Hbond substituents is 2. The number of aliphatic carboxylic acids is 2. The number of fused-ring (bicyclic) bond motifs is 1. The number of carboxylic acid groups (broad SMARTS) is 2. The fraction of sp³-hybridized carbons (Fsp3) is 0.429. The van der Waals surface area contributed by atoms with Crippen molar-refractivity contribution in [2.24, 2.45) is 16.2 Å². The number of nitrogens with one attached hydrogen (secondary N) is 1. The van der Waals surface area contributed by atoms with Crippen molar-refractivity contribution in [2.75, 3.05) is 25.1 Å². The van der Waals surface area contributed by atoms with E-state index in [4.69, 9.17) is 22.2 Å². The third kappa shape index (κ3) is 7.48. The Bertz CT molecular complexity index is 1720. The molecule has 2 fully saturated rings. The number of oxime groups is 1. The standard InChI is InChI=1S/C28H31ClN6O10S3/c1-27(2,24(41)42)45-34-20(14-10-46-26(30)32-14)17(38)9-13-22(40)35-11-28(25(43)44,48-23(13)35)47-8-4-5-15(36)19(33-31-3)12-6-7-16(37)21(39)18(12)29/h6-7,10,13,23,31,37,39H,4-5,8-9,11H2,1-3H3,(H2,30,32)(H,41,42)(H,43,44)/b33-19-,34-20-/t13-,23-,28-/m1/s1. The minimum atomic E-state index is -1.77. The molecule has 0 unspecified atom stereocenters. The third-order valence-electron chi connectivity index (χ3n) is 7.30. The molecule has 7 N–H and O–H groups in total.